The van der Waals surface area contributed by atoms with E-state index in [0.717, 1.165) is 6.07 Å². The molecule has 0 aliphatic carbocycles. The van der Waals surface area contributed by atoms with Crippen molar-refractivity contribution < 1.29 is 23.2 Å². The van der Waals surface area contributed by atoms with Crippen molar-refractivity contribution in [1.29, 1.82) is 0 Å². The second kappa shape index (κ2) is 7.28. The third-order valence-electron chi connectivity index (χ3n) is 2.73. The van der Waals surface area contributed by atoms with Gasteiger partial charge in [-0.1, -0.05) is 12.1 Å². The van der Waals surface area contributed by atoms with Crippen LogP contribution in [0.4, 0.5) is 14.5 Å². The van der Waals surface area contributed by atoms with Crippen LogP contribution in [0.2, 0.25) is 0 Å². The van der Waals surface area contributed by atoms with Gasteiger partial charge in [-0.3, -0.25) is 10.1 Å². The first-order chi connectivity index (χ1) is 9.21. The molecule has 6 nitrogen and oxygen atoms in total. The van der Waals surface area contributed by atoms with E-state index < -0.39 is 22.9 Å². The number of esters is 1. The van der Waals surface area contributed by atoms with E-state index in [9.17, 15) is 23.7 Å². The highest BCUT2D eigenvalue weighted by Crippen LogP contribution is 2.33. The number of benzene rings is 1. The molecule has 1 aromatic rings. The standard InChI is InChI=1S/C12H14F2N2O4.ClH/c1-3-20-11(17)12(13,14)10(15)8-5-4-7(2)9(6-8)16(18)19;/h4-6,10H,3,15H2,1-2H3;1H/t10-;/m0./s1. The summed E-state index contributed by atoms with van der Waals surface area (Å²) in [6.45, 7) is 2.64. The number of hydrogen-bond acceptors (Lipinski definition) is 5. The van der Waals surface area contributed by atoms with E-state index in [1.165, 1.54) is 26.0 Å². The Morgan fingerprint density at radius 1 is 1.52 bits per heavy atom. The molecule has 0 saturated heterocycles. The van der Waals surface area contributed by atoms with Crippen molar-refractivity contribution in [3.8, 4) is 0 Å². The predicted octanol–water partition coefficient (Wildman–Crippen LogP) is 2.52. The molecule has 0 spiro atoms. The fraction of sp³-hybridized carbons (Fsp3) is 0.417. The number of rotatable bonds is 5. The molecule has 0 aliphatic rings. The maximum Gasteiger partial charge on any atom is 0.379 e. The molecule has 0 aromatic heterocycles. The van der Waals surface area contributed by atoms with Gasteiger partial charge >= 0.3 is 11.9 Å². The molecule has 0 aliphatic heterocycles. The molecule has 1 atom stereocenters. The number of nitrogens with two attached hydrogens (primary N) is 1. The number of carbonyl (C=O) groups is 1. The summed E-state index contributed by atoms with van der Waals surface area (Å²) in [6.07, 6.45) is 0. The molecule has 0 radical (unpaired) electrons. The van der Waals surface area contributed by atoms with Crippen LogP contribution in [0.3, 0.4) is 0 Å². The number of aryl methyl sites for hydroxylation is 1. The second-order valence-corrected chi connectivity index (χ2v) is 4.12. The Balaban J connectivity index is 0.00000400. The third kappa shape index (κ3) is 4.08. The quantitative estimate of drug-likeness (QED) is 0.510. The number of nitro benzene ring substituents is 1. The van der Waals surface area contributed by atoms with Gasteiger partial charge in [-0.2, -0.15) is 8.78 Å². The lowest BCUT2D eigenvalue weighted by molar-refractivity contribution is -0.385. The summed E-state index contributed by atoms with van der Waals surface area (Å²) in [5.74, 6) is -5.71. The van der Waals surface area contributed by atoms with Crippen LogP contribution in [0.25, 0.3) is 0 Å². The highest BCUT2D eigenvalue weighted by Gasteiger charge is 2.48. The molecule has 2 N–H and O–H groups in total. The second-order valence-electron chi connectivity index (χ2n) is 4.12. The van der Waals surface area contributed by atoms with Gasteiger partial charge in [0.25, 0.3) is 5.69 Å². The van der Waals surface area contributed by atoms with E-state index in [1.54, 1.807) is 0 Å². The molecule has 1 aromatic carbocycles. The molecule has 21 heavy (non-hydrogen) atoms. The maximum atomic E-state index is 13.7. The van der Waals surface area contributed by atoms with Gasteiger partial charge in [-0.15, -0.1) is 12.4 Å². The number of nitro groups is 1. The van der Waals surface area contributed by atoms with E-state index in [1.807, 2.05) is 0 Å². The minimum Gasteiger partial charge on any atom is -0.462 e. The van der Waals surface area contributed by atoms with Gasteiger partial charge in [0.15, 0.2) is 0 Å². The van der Waals surface area contributed by atoms with E-state index in [-0.39, 0.29) is 30.3 Å². The van der Waals surface area contributed by atoms with Gasteiger partial charge in [0.05, 0.1) is 11.5 Å². The van der Waals surface area contributed by atoms with E-state index in [2.05, 4.69) is 4.74 Å². The van der Waals surface area contributed by atoms with Crippen molar-refractivity contribution in [2.24, 2.45) is 5.73 Å². The number of alkyl halides is 2. The summed E-state index contributed by atoms with van der Waals surface area (Å²) in [5.41, 5.74) is 5.12. The lowest BCUT2D eigenvalue weighted by Gasteiger charge is -2.21. The fourth-order valence-corrected chi connectivity index (χ4v) is 1.58. The van der Waals surface area contributed by atoms with E-state index in [0.29, 0.717) is 5.56 Å². The molecule has 0 saturated carbocycles. The van der Waals surface area contributed by atoms with Crippen LogP contribution < -0.4 is 5.73 Å². The SMILES string of the molecule is CCOC(=O)C(F)(F)[C@@H](N)c1ccc(C)c([N+](=O)[O-])c1.Cl. The fourth-order valence-electron chi connectivity index (χ4n) is 1.58. The summed E-state index contributed by atoms with van der Waals surface area (Å²) in [7, 11) is 0. The van der Waals surface area contributed by atoms with Gasteiger partial charge < -0.3 is 10.5 Å². The highest BCUT2D eigenvalue weighted by atomic mass is 35.5. The van der Waals surface area contributed by atoms with E-state index in [4.69, 9.17) is 5.73 Å². The highest BCUT2D eigenvalue weighted by molar-refractivity contribution is 5.85. The van der Waals surface area contributed by atoms with Crippen LogP contribution in [0.5, 0.6) is 0 Å². The van der Waals surface area contributed by atoms with Crippen molar-refractivity contribution >= 4 is 24.1 Å². The number of halogens is 3. The third-order valence-corrected chi connectivity index (χ3v) is 2.73. The Morgan fingerprint density at radius 3 is 2.57 bits per heavy atom. The van der Waals surface area contributed by atoms with Gasteiger partial charge in [0.2, 0.25) is 0 Å². The average molecular weight is 325 g/mol. The van der Waals surface area contributed by atoms with Crippen molar-refractivity contribution in [3.63, 3.8) is 0 Å². The van der Waals surface area contributed by atoms with Crippen molar-refractivity contribution in [3.05, 3.63) is 39.4 Å². The first-order valence-corrected chi connectivity index (χ1v) is 5.77. The maximum absolute atomic E-state index is 13.7. The summed E-state index contributed by atoms with van der Waals surface area (Å²) in [6, 6.07) is 1.45. The van der Waals surface area contributed by atoms with Gasteiger partial charge in [0.1, 0.15) is 6.04 Å². The number of hydrogen-bond donors (Lipinski definition) is 1. The minimum absolute atomic E-state index is 0. The van der Waals surface area contributed by atoms with Crippen LogP contribution in [0.15, 0.2) is 18.2 Å². The zero-order valence-corrected chi connectivity index (χ0v) is 12.2. The molecular formula is C12H15ClF2N2O4. The molecule has 0 unspecified atom stereocenters. The Morgan fingerprint density at radius 2 is 2.10 bits per heavy atom. The Kier molecular flexibility index (Phi) is 6.65. The molecule has 118 valence electrons. The largest absolute Gasteiger partial charge is 0.462 e. The molecule has 0 bridgehead atoms. The average Bonchev–Trinajstić information content (AvgIpc) is 2.38. The van der Waals surface area contributed by atoms with Crippen LogP contribution in [-0.4, -0.2) is 23.4 Å². The molecule has 9 heteroatoms. The van der Waals surface area contributed by atoms with Crippen LogP contribution in [-0.2, 0) is 9.53 Å². The van der Waals surface area contributed by atoms with Gasteiger partial charge in [-0.25, -0.2) is 4.79 Å². The summed E-state index contributed by atoms with van der Waals surface area (Å²) >= 11 is 0. The van der Waals surface area contributed by atoms with Crippen molar-refractivity contribution in [2.75, 3.05) is 6.61 Å². The Labute approximate surface area is 125 Å². The first-order valence-electron chi connectivity index (χ1n) is 5.77. The summed E-state index contributed by atoms with van der Waals surface area (Å²) < 4.78 is 31.7. The minimum atomic E-state index is -3.96. The van der Waals surface area contributed by atoms with Crippen LogP contribution in [0, 0.1) is 17.0 Å². The number of nitrogens with zero attached hydrogens (tertiary/aromatic N) is 1. The topological polar surface area (TPSA) is 95.5 Å². The van der Waals surface area contributed by atoms with Crippen LogP contribution in [0.1, 0.15) is 24.1 Å². The van der Waals surface area contributed by atoms with Crippen LogP contribution >= 0.6 is 12.4 Å². The zero-order chi connectivity index (χ0) is 15.5. The lowest BCUT2D eigenvalue weighted by Crippen LogP contribution is -2.41. The van der Waals surface area contributed by atoms with E-state index >= 15 is 0 Å². The first kappa shape index (κ1) is 19.2. The normalized spacial score (nSPS) is 12.2. The molecule has 1 rings (SSSR count). The van der Waals surface area contributed by atoms with Crippen molar-refractivity contribution in [2.45, 2.75) is 25.8 Å². The van der Waals surface area contributed by atoms with Crippen molar-refractivity contribution in [1.82, 2.24) is 0 Å². The molecular weight excluding hydrogens is 310 g/mol. The lowest BCUT2D eigenvalue weighted by atomic mass is 9.99. The van der Waals surface area contributed by atoms with Gasteiger partial charge in [0, 0.05) is 11.6 Å². The molecule has 0 amide bonds. The Bertz CT molecular complexity index is 540. The molecule has 0 fully saturated rings. The number of carbonyl (C=O) groups excluding carboxylic acids is 1. The van der Waals surface area contributed by atoms with Gasteiger partial charge in [-0.05, 0) is 19.4 Å². The summed E-state index contributed by atoms with van der Waals surface area (Å²) in [5, 5.41) is 10.8. The summed E-state index contributed by atoms with van der Waals surface area (Å²) in [4.78, 5) is 21.2. The smallest absolute Gasteiger partial charge is 0.379 e. The molecule has 0 heterocycles. The Hall–Kier alpha value is -1.80. The zero-order valence-electron chi connectivity index (χ0n) is 11.3. The number of ether oxygens (including phenoxy) is 1. The monoisotopic (exact) mass is 324 g/mol. The predicted molar refractivity (Wildman–Crippen MR) is 73.6 cm³/mol.